The molecular formula is C16H21N3O2. The van der Waals surface area contributed by atoms with Crippen LogP contribution in [-0.4, -0.2) is 23.6 Å². The van der Waals surface area contributed by atoms with Gasteiger partial charge in [-0.3, -0.25) is 0 Å². The number of rotatable bonds is 6. The van der Waals surface area contributed by atoms with Gasteiger partial charge in [0.1, 0.15) is 11.6 Å². The Labute approximate surface area is 125 Å². The van der Waals surface area contributed by atoms with Crippen LogP contribution in [0.1, 0.15) is 25.2 Å². The van der Waals surface area contributed by atoms with Crippen molar-refractivity contribution in [1.82, 2.24) is 9.97 Å². The van der Waals surface area contributed by atoms with Crippen LogP contribution in [0.2, 0.25) is 0 Å². The van der Waals surface area contributed by atoms with E-state index < -0.39 is 0 Å². The summed E-state index contributed by atoms with van der Waals surface area (Å²) >= 11 is 0. The fraction of sp³-hybridized carbons (Fsp3) is 0.375. The molecule has 0 aliphatic rings. The zero-order chi connectivity index (χ0) is 15.2. The summed E-state index contributed by atoms with van der Waals surface area (Å²) in [6.07, 6.45) is 0.952. The van der Waals surface area contributed by atoms with E-state index in [4.69, 9.17) is 9.47 Å². The number of ether oxygens (including phenoxy) is 2. The maximum atomic E-state index is 5.85. The lowest BCUT2D eigenvalue weighted by molar-refractivity contribution is 0.373. The SMILES string of the molecule is CCNc1cc(Oc2ccc(CC)cc2OC)nc(C)n1. The molecular weight excluding hydrogens is 266 g/mol. The van der Waals surface area contributed by atoms with Crippen molar-refractivity contribution in [1.29, 1.82) is 0 Å². The van der Waals surface area contributed by atoms with Crippen LogP contribution in [0.4, 0.5) is 5.82 Å². The van der Waals surface area contributed by atoms with E-state index >= 15 is 0 Å². The van der Waals surface area contributed by atoms with Gasteiger partial charge in [-0.2, -0.15) is 4.98 Å². The molecule has 2 rings (SSSR count). The van der Waals surface area contributed by atoms with E-state index in [1.165, 1.54) is 5.56 Å². The highest BCUT2D eigenvalue weighted by atomic mass is 16.5. The minimum absolute atomic E-state index is 0.501. The van der Waals surface area contributed by atoms with E-state index in [9.17, 15) is 0 Å². The van der Waals surface area contributed by atoms with Gasteiger partial charge in [0, 0.05) is 12.6 Å². The molecule has 5 nitrogen and oxygen atoms in total. The van der Waals surface area contributed by atoms with Gasteiger partial charge in [-0.15, -0.1) is 0 Å². The third kappa shape index (κ3) is 3.84. The number of aryl methyl sites for hydroxylation is 2. The summed E-state index contributed by atoms with van der Waals surface area (Å²) in [5.41, 5.74) is 1.20. The van der Waals surface area contributed by atoms with Crippen molar-refractivity contribution in [3.63, 3.8) is 0 Å². The largest absolute Gasteiger partial charge is 0.493 e. The molecule has 1 N–H and O–H groups in total. The fourth-order valence-corrected chi connectivity index (χ4v) is 1.99. The standard InChI is InChI=1S/C16H21N3O2/c1-5-12-7-8-13(14(9-12)20-4)21-16-10-15(17-6-2)18-11(3)19-16/h7-10H,5-6H2,1-4H3,(H,17,18,19). The maximum absolute atomic E-state index is 5.85. The van der Waals surface area contributed by atoms with E-state index in [1.807, 2.05) is 32.0 Å². The molecule has 0 atom stereocenters. The molecule has 0 fully saturated rings. The molecule has 1 heterocycles. The van der Waals surface area contributed by atoms with Crippen molar-refractivity contribution in [3.8, 4) is 17.4 Å². The summed E-state index contributed by atoms with van der Waals surface area (Å²) in [6, 6.07) is 7.69. The van der Waals surface area contributed by atoms with Gasteiger partial charge in [0.15, 0.2) is 11.5 Å². The molecule has 0 aliphatic carbocycles. The molecule has 1 aromatic heterocycles. The first-order valence-electron chi connectivity index (χ1n) is 7.10. The number of nitrogens with one attached hydrogen (secondary N) is 1. The minimum atomic E-state index is 0.501. The van der Waals surface area contributed by atoms with E-state index in [-0.39, 0.29) is 0 Å². The van der Waals surface area contributed by atoms with Gasteiger partial charge in [-0.05, 0) is 38.0 Å². The highest BCUT2D eigenvalue weighted by Crippen LogP contribution is 2.32. The average Bonchev–Trinajstić information content (AvgIpc) is 2.47. The zero-order valence-electron chi connectivity index (χ0n) is 12.9. The Kier molecular flexibility index (Phi) is 4.98. The lowest BCUT2D eigenvalue weighted by Gasteiger charge is -2.12. The molecule has 0 spiro atoms. The quantitative estimate of drug-likeness (QED) is 0.880. The summed E-state index contributed by atoms with van der Waals surface area (Å²) in [5.74, 6) is 3.27. The molecule has 0 unspecified atom stereocenters. The molecule has 2 aromatic rings. The Morgan fingerprint density at radius 1 is 1.10 bits per heavy atom. The Bertz CT molecular complexity index is 614. The van der Waals surface area contributed by atoms with E-state index in [0.717, 1.165) is 18.8 Å². The van der Waals surface area contributed by atoms with Crippen LogP contribution in [-0.2, 0) is 6.42 Å². The van der Waals surface area contributed by atoms with E-state index in [2.05, 4.69) is 22.2 Å². The van der Waals surface area contributed by atoms with Gasteiger partial charge in [0.2, 0.25) is 5.88 Å². The van der Waals surface area contributed by atoms with Gasteiger partial charge >= 0.3 is 0 Å². The summed E-state index contributed by atoms with van der Waals surface area (Å²) in [6.45, 7) is 6.76. The van der Waals surface area contributed by atoms with Gasteiger partial charge in [-0.1, -0.05) is 13.0 Å². The predicted octanol–water partition coefficient (Wildman–Crippen LogP) is 3.58. The number of methoxy groups -OCH3 is 1. The normalized spacial score (nSPS) is 10.3. The number of benzene rings is 1. The molecule has 0 radical (unpaired) electrons. The van der Waals surface area contributed by atoms with Crippen LogP contribution in [0.25, 0.3) is 0 Å². The highest BCUT2D eigenvalue weighted by molar-refractivity contribution is 5.46. The molecule has 0 saturated carbocycles. The molecule has 0 saturated heterocycles. The van der Waals surface area contributed by atoms with Crippen molar-refractivity contribution >= 4 is 5.82 Å². The van der Waals surface area contributed by atoms with Crippen LogP contribution in [0.5, 0.6) is 17.4 Å². The van der Waals surface area contributed by atoms with Crippen molar-refractivity contribution in [2.24, 2.45) is 0 Å². The average molecular weight is 287 g/mol. The van der Waals surface area contributed by atoms with Crippen molar-refractivity contribution in [2.45, 2.75) is 27.2 Å². The first-order valence-corrected chi connectivity index (χ1v) is 7.10. The fourth-order valence-electron chi connectivity index (χ4n) is 1.99. The van der Waals surface area contributed by atoms with Crippen molar-refractivity contribution in [2.75, 3.05) is 19.0 Å². The Balaban J connectivity index is 2.29. The zero-order valence-corrected chi connectivity index (χ0v) is 12.9. The maximum Gasteiger partial charge on any atom is 0.224 e. The van der Waals surface area contributed by atoms with E-state index in [1.54, 1.807) is 13.2 Å². The second-order valence-corrected chi connectivity index (χ2v) is 4.61. The van der Waals surface area contributed by atoms with Crippen LogP contribution in [0.15, 0.2) is 24.3 Å². The first kappa shape index (κ1) is 15.1. The molecule has 0 amide bonds. The molecule has 112 valence electrons. The number of nitrogens with zero attached hydrogens (tertiary/aromatic N) is 2. The second-order valence-electron chi connectivity index (χ2n) is 4.61. The lowest BCUT2D eigenvalue weighted by Crippen LogP contribution is -2.03. The third-order valence-corrected chi connectivity index (χ3v) is 3.02. The van der Waals surface area contributed by atoms with Crippen LogP contribution < -0.4 is 14.8 Å². The summed E-state index contributed by atoms with van der Waals surface area (Å²) < 4.78 is 11.2. The molecule has 0 aliphatic heterocycles. The first-order chi connectivity index (χ1) is 10.2. The molecule has 21 heavy (non-hydrogen) atoms. The number of hydrogen-bond donors (Lipinski definition) is 1. The van der Waals surface area contributed by atoms with Crippen molar-refractivity contribution in [3.05, 3.63) is 35.7 Å². The number of anilines is 1. The van der Waals surface area contributed by atoms with Crippen LogP contribution in [0.3, 0.4) is 0 Å². The summed E-state index contributed by atoms with van der Waals surface area (Å²) in [4.78, 5) is 8.60. The number of aromatic nitrogens is 2. The lowest BCUT2D eigenvalue weighted by atomic mass is 10.1. The minimum Gasteiger partial charge on any atom is -0.493 e. The van der Waals surface area contributed by atoms with Gasteiger partial charge in [0.25, 0.3) is 0 Å². The van der Waals surface area contributed by atoms with E-state index in [0.29, 0.717) is 23.2 Å². The smallest absolute Gasteiger partial charge is 0.224 e. The summed E-state index contributed by atoms with van der Waals surface area (Å²) in [7, 11) is 1.64. The highest BCUT2D eigenvalue weighted by Gasteiger charge is 2.09. The van der Waals surface area contributed by atoms with Crippen LogP contribution >= 0.6 is 0 Å². The topological polar surface area (TPSA) is 56.3 Å². The van der Waals surface area contributed by atoms with Crippen LogP contribution in [0, 0.1) is 6.92 Å². The Morgan fingerprint density at radius 2 is 1.90 bits per heavy atom. The molecule has 5 heteroatoms. The van der Waals surface area contributed by atoms with Crippen molar-refractivity contribution < 1.29 is 9.47 Å². The molecule has 0 bridgehead atoms. The van der Waals surface area contributed by atoms with Gasteiger partial charge < -0.3 is 14.8 Å². The second kappa shape index (κ2) is 6.92. The van der Waals surface area contributed by atoms with Gasteiger partial charge in [-0.25, -0.2) is 4.98 Å². The van der Waals surface area contributed by atoms with Gasteiger partial charge in [0.05, 0.1) is 7.11 Å². The predicted molar refractivity (Wildman–Crippen MR) is 83.4 cm³/mol. The molecule has 1 aromatic carbocycles. The Hall–Kier alpha value is -2.30. The monoisotopic (exact) mass is 287 g/mol. The number of hydrogen-bond acceptors (Lipinski definition) is 5. The summed E-state index contributed by atoms with van der Waals surface area (Å²) in [5, 5.41) is 3.16. The third-order valence-electron chi connectivity index (χ3n) is 3.02. The Morgan fingerprint density at radius 3 is 2.57 bits per heavy atom.